The Balaban J connectivity index is 2.04. The molecule has 0 spiro atoms. The van der Waals surface area contributed by atoms with E-state index in [1.807, 2.05) is 0 Å². The standard InChI is InChI=1S/C18H18F2N2O3/c1-11(2)16(23)21-13-4-3-5-14(10-13)22-17(24)12-6-8-15(9-7-12)25-18(19)20/h3-11,18H,1-2H3,(H,21,23)(H,22,24). The van der Waals surface area contributed by atoms with E-state index in [4.69, 9.17) is 0 Å². The zero-order valence-corrected chi connectivity index (χ0v) is 13.8. The predicted octanol–water partition coefficient (Wildman–Crippen LogP) is 4.13. The maximum atomic E-state index is 12.2. The number of halogens is 2. The Morgan fingerprint density at radius 2 is 1.56 bits per heavy atom. The largest absolute Gasteiger partial charge is 0.435 e. The highest BCUT2D eigenvalue weighted by Gasteiger charge is 2.10. The van der Waals surface area contributed by atoms with Gasteiger partial charge >= 0.3 is 6.61 Å². The lowest BCUT2D eigenvalue weighted by Gasteiger charge is -2.10. The molecule has 2 rings (SSSR count). The summed E-state index contributed by atoms with van der Waals surface area (Å²) in [6.07, 6.45) is 0. The van der Waals surface area contributed by atoms with Gasteiger partial charge in [-0.25, -0.2) is 0 Å². The van der Waals surface area contributed by atoms with E-state index in [1.165, 1.54) is 24.3 Å². The van der Waals surface area contributed by atoms with Crippen LogP contribution in [0.1, 0.15) is 24.2 Å². The van der Waals surface area contributed by atoms with E-state index in [2.05, 4.69) is 15.4 Å². The van der Waals surface area contributed by atoms with Crippen LogP contribution in [0.3, 0.4) is 0 Å². The SMILES string of the molecule is CC(C)C(=O)Nc1cccc(NC(=O)c2ccc(OC(F)F)cc2)c1. The van der Waals surface area contributed by atoms with Gasteiger partial charge in [-0.2, -0.15) is 8.78 Å². The molecule has 2 N–H and O–H groups in total. The Kier molecular flexibility index (Phi) is 6.05. The second-order valence-corrected chi connectivity index (χ2v) is 5.58. The summed E-state index contributed by atoms with van der Waals surface area (Å²) in [6.45, 7) is 0.647. The van der Waals surface area contributed by atoms with E-state index in [0.29, 0.717) is 16.9 Å². The van der Waals surface area contributed by atoms with Crippen molar-refractivity contribution in [3.8, 4) is 5.75 Å². The average Bonchev–Trinajstić information content (AvgIpc) is 2.55. The number of hydrogen-bond donors (Lipinski definition) is 2. The molecule has 5 nitrogen and oxygen atoms in total. The van der Waals surface area contributed by atoms with Crippen LogP contribution in [0.2, 0.25) is 0 Å². The summed E-state index contributed by atoms with van der Waals surface area (Å²) in [5.74, 6) is -0.716. The van der Waals surface area contributed by atoms with E-state index in [1.54, 1.807) is 38.1 Å². The Morgan fingerprint density at radius 1 is 0.960 bits per heavy atom. The monoisotopic (exact) mass is 348 g/mol. The number of hydrogen-bond acceptors (Lipinski definition) is 3. The summed E-state index contributed by atoms with van der Waals surface area (Å²) in [5.41, 5.74) is 1.36. The molecule has 0 fully saturated rings. The van der Waals surface area contributed by atoms with Crippen LogP contribution in [-0.2, 0) is 4.79 Å². The first-order valence-corrected chi connectivity index (χ1v) is 7.62. The minimum absolute atomic E-state index is 0.0232. The van der Waals surface area contributed by atoms with Crippen molar-refractivity contribution in [3.05, 3.63) is 54.1 Å². The Hall–Kier alpha value is -2.96. The average molecular weight is 348 g/mol. The van der Waals surface area contributed by atoms with Crippen LogP contribution < -0.4 is 15.4 Å². The third-order valence-corrected chi connectivity index (χ3v) is 3.25. The summed E-state index contributed by atoms with van der Waals surface area (Å²) in [5, 5.41) is 5.42. The molecule has 0 aliphatic heterocycles. The van der Waals surface area contributed by atoms with Gasteiger partial charge in [0.2, 0.25) is 5.91 Å². The molecule has 0 unspecified atom stereocenters. The van der Waals surface area contributed by atoms with Crippen LogP contribution in [-0.4, -0.2) is 18.4 Å². The number of amides is 2. The minimum atomic E-state index is -2.91. The maximum absolute atomic E-state index is 12.2. The fourth-order valence-electron chi connectivity index (χ4n) is 1.95. The highest BCUT2D eigenvalue weighted by atomic mass is 19.3. The van der Waals surface area contributed by atoms with Crippen molar-refractivity contribution in [2.45, 2.75) is 20.5 Å². The molecule has 2 aromatic carbocycles. The van der Waals surface area contributed by atoms with Gasteiger partial charge in [0.1, 0.15) is 5.75 Å². The van der Waals surface area contributed by atoms with Gasteiger partial charge < -0.3 is 15.4 Å². The van der Waals surface area contributed by atoms with E-state index in [9.17, 15) is 18.4 Å². The molecular formula is C18H18F2N2O3. The number of benzene rings is 2. The number of carbonyl (C=O) groups excluding carboxylic acids is 2. The van der Waals surface area contributed by atoms with Gasteiger partial charge in [0.25, 0.3) is 5.91 Å². The highest BCUT2D eigenvalue weighted by Crippen LogP contribution is 2.19. The number of anilines is 2. The van der Waals surface area contributed by atoms with Crippen molar-refractivity contribution < 1.29 is 23.1 Å². The van der Waals surface area contributed by atoms with Gasteiger partial charge in [-0.15, -0.1) is 0 Å². The van der Waals surface area contributed by atoms with Gasteiger partial charge in [0.05, 0.1) is 0 Å². The van der Waals surface area contributed by atoms with E-state index in [-0.39, 0.29) is 17.6 Å². The third kappa shape index (κ3) is 5.56. The van der Waals surface area contributed by atoms with Crippen molar-refractivity contribution in [2.75, 3.05) is 10.6 Å². The molecule has 2 aromatic rings. The molecule has 0 bridgehead atoms. The van der Waals surface area contributed by atoms with Crippen molar-refractivity contribution in [3.63, 3.8) is 0 Å². The van der Waals surface area contributed by atoms with Crippen LogP contribution in [0.5, 0.6) is 5.75 Å². The van der Waals surface area contributed by atoms with Crippen molar-refractivity contribution >= 4 is 23.2 Å². The molecule has 132 valence electrons. The lowest BCUT2D eigenvalue weighted by atomic mass is 10.2. The maximum Gasteiger partial charge on any atom is 0.387 e. The lowest BCUT2D eigenvalue weighted by Crippen LogP contribution is -2.18. The molecule has 0 radical (unpaired) electrons. The molecular weight excluding hydrogens is 330 g/mol. The third-order valence-electron chi connectivity index (χ3n) is 3.25. The fourth-order valence-corrected chi connectivity index (χ4v) is 1.95. The molecule has 0 aliphatic carbocycles. The zero-order valence-electron chi connectivity index (χ0n) is 13.8. The highest BCUT2D eigenvalue weighted by molar-refractivity contribution is 6.04. The first-order chi connectivity index (χ1) is 11.8. The smallest absolute Gasteiger partial charge is 0.387 e. The summed E-state index contributed by atoms with van der Waals surface area (Å²) in [6, 6.07) is 12.1. The van der Waals surface area contributed by atoms with Crippen LogP contribution in [0, 0.1) is 5.92 Å². The van der Waals surface area contributed by atoms with Crippen LogP contribution in [0.4, 0.5) is 20.2 Å². The van der Waals surface area contributed by atoms with Crippen LogP contribution in [0.15, 0.2) is 48.5 Å². The van der Waals surface area contributed by atoms with Gasteiger partial charge in [-0.05, 0) is 42.5 Å². The molecule has 25 heavy (non-hydrogen) atoms. The zero-order chi connectivity index (χ0) is 18.4. The molecule has 0 aliphatic rings. The normalized spacial score (nSPS) is 10.6. The lowest BCUT2D eigenvalue weighted by molar-refractivity contribution is -0.118. The molecule has 0 aromatic heterocycles. The topological polar surface area (TPSA) is 67.4 Å². The summed E-state index contributed by atoms with van der Waals surface area (Å²) >= 11 is 0. The number of carbonyl (C=O) groups is 2. The number of ether oxygens (including phenoxy) is 1. The Labute approximate surface area is 144 Å². The quantitative estimate of drug-likeness (QED) is 0.825. The Morgan fingerprint density at radius 3 is 2.12 bits per heavy atom. The summed E-state index contributed by atoms with van der Waals surface area (Å²) < 4.78 is 28.5. The molecule has 0 saturated carbocycles. The van der Waals surface area contributed by atoms with Crippen LogP contribution in [0.25, 0.3) is 0 Å². The fraction of sp³-hybridized carbons (Fsp3) is 0.222. The van der Waals surface area contributed by atoms with Gasteiger partial charge in [0, 0.05) is 22.9 Å². The molecule has 0 saturated heterocycles. The first-order valence-electron chi connectivity index (χ1n) is 7.62. The van der Waals surface area contributed by atoms with Gasteiger partial charge in [-0.1, -0.05) is 19.9 Å². The van der Waals surface area contributed by atoms with Gasteiger partial charge in [0.15, 0.2) is 0 Å². The number of alkyl halides is 2. The Bertz CT molecular complexity index is 746. The van der Waals surface area contributed by atoms with Crippen molar-refractivity contribution in [1.82, 2.24) is 0 Å². The molecule has 0 heterocycles. The first kappa shape index (κ1) is 18.4. The van der Waals surface area contributed by atoms with Crippen molar-refractivity contribution in [2.24, 2.45) is 5.92 Å². The predicted molar refractivity (Wildman–Crippen MR) is 90.9 cm³/mol. The van der Waals surface area contributed by atoms with Crippen LogP contribution >= 0.6 is 0 Å². The molecule has 0 atom stereocenters. The second-order valence-electron chi connectivity index (χ2n) is 5.58. The van der Waals surface area contributed by atoms with Gasteiger partial charge in [-0.3, -0.25) is 9.59 Å². The van der Waals surface area contributed by atoms with E-state index >= 15 is 0 Å². The summed E-state index contributed by atoms with van der Waals surface area (Å²) in [7, 11) is 0. The number of nitrogens with one attached hydrogen (secondary N) is 2. The molecule has 7 heteroatoms. The summed E-state index contributed by atoms with van der Waals surface area (Å²) in [4.78, 5) is 23.9. The second kappa shape index (κ2) is 8.23. The van der Waals surface area contributed by atoms with E-state index < -0.39 is 12.5 Å². The van der Waals surface area contributed by atoms with Crippen molar-refractivity contribution in [1.29, 1.82) is 0 Å². The molecule has 2 amide bonds. The number of rotatable bonds is 6. The minimum Gasteiger partial charge on any atom is -0.435 e. The van der Waals surface area contributed by atoms with E-state index in [0.717, 1.165) is 0 Å².